The van der Waals surface area contributed by atoms with Crippen molar-refractivity contribution in [3.8, 4) is 0 Å². The van der Waals surface area contributed by atoms with Gasteiger partial charge >= 0.3 is 0 Å². The van der Waals surface area contributed by atoms with E-state index in [1.807, 2.05) is 36.4 Å². The summed E-state index contributed by atoms with van der Waals surface area (Å²) in [4.78, 5) is 30.5. The summed E-state index contributed by atoms with van der Waals surface area (Å²) in [6, 6.07) is 25.4. The molecule has 1 aliphatic heterocycles. The molecule has 6 nitrogen and oxygen atoms in total. The summed E-state index contributed by atoms with van der Waals surface area (Å²) >= 11 is 0. The number of nitrogens with two attached hydrogens (primary N) is 1. The summed E-state index contributed by atoms with van der Waals surface area (Å²) in [5.41, 5.74) is 8.38. The zero-order valence-electron chi connectivity index (χ0n) is 20.4. The SMILES string of the molecule is NCCNC(=O)C1CC(N(CCc2ccccc2)Cc2ccccc2)CN1C(=O)c1ccc(F)cc1. The van der Waals surface area contributed by atoms with E-state index in [9.17, 15) is 14.0 Å². The standard InChI is InChI=1S/C29H33FN4O2/c30-25-13-11-24(12-14-25)29(36)34-21-26(19-27(34)28(35)32-17-16-31)33(20-23-9-5-2-6-10-23)18-15-22-7-3-1-4-8-22/h1-14,26-27H,15-21,31H2,(H,32,35). The summed E-state index contributed by atoms with van der Waals surface area (Å²) in [6.45, 7) is 2.59. The van der Waals surface area contributed by atoms with Crippen molar-refractivity contribution in [2.75, 3.05) is 26.2 Å². The number of likely N-dealkylation sites (tertiary alicyclic amines) is 1. The van der Waals surface area contributed by atoms with E-state index in [0.717, 1.165) is 13.0 Å². The molecular weight excluding hydrogens is 455 g/mol. The van der Waals surface area contributed by atoms with Crippen LogP contribution in [-0.2, 0) is 17.8 Å². The maximum absolute atomic E-state index is 13.5. The van der Waals surface area contributed by atoms with E-state index in [1.165, 1.54) is 35.4 Å². The molecule has 1 heterocycles. The van der Waals surface area contributed by atoms with Crippen LogP contribution in [0.15, 0.2) is 84.9 Å². The van der Waals surface area contributed by atoms with Crippen molar-refractivity contribution in [2.24, 2.45) is 5.73 Å². The van der Waals surface area contributed by atoms with Gasteiger partial charge in [0.15, 0.2) is 0 Å². The van der Waals surface area contributed by atoms with Gasteiger partial charge in [0, 0.05) is 44.3 Å². The Kier molecular flexibility index (Phi) is 8.81. The average Bonchev–Trinajstić information content (AvgIpc) is 3.36. The first kappa shape index (κ1) is 25.5. The van der Waals surface area contributed by atoms with Crippen molar-refractivity contribution in [1.82, 2.24) is 15.1 Å². The first-order chi connectivity index (χ1) is 17.5. The van der Waals surface area contributed by atoms with Gasteiger partial charge in [0.2, 0.25) is 5.91 Å². The predicted molar refractivity (Wildman–Crippen MR) is 139 cm³/mol. The Hall–Kier alpha value is -3.55. The van der Waals surface area contributed by atoms with Crippen molar-refractivity contribution in [1.29, 1.82) is 0 Å². The highest BCUT2D eigenvalue weighted by Gasteiger charge is 2.41. The number of benzene rings is 3. The largest absolute Gasteiger partial charge is 0.353 e. The van der Waals surface area contributed by atoms with E-state index < -0.39 is 11.9 Å². The molecule has 0 aromatic heterocycles. The Morgan fingerprint density at radius 3 is 2.22 bits per heavy atom. The van der Waals surface area contributed by atoms with E-state index in [0.29, 0.717) is 38.2 Å². The van der Waals surface area contributed by atoms with Gasteiger partial charge in [-0.25, -0.2) is 4.39 Å². The highest BCUT2D eigenvalue weighted by Crippen LogP contribution is 2.26. The van der Waals surface area contributed by atoms with Crippen molar-refractivity contribution in [3.05, 3.63) is 107 Å². The topological polar surface area (TPSA) is 78.7 Å². The molecule has 3 N–H and O–H groups in total. The quantitative estimate of drug-likeness (QED) is 0.459. The molecular formula is C29H33FN4O2. The predicted octanol–water partition coefficient (Wildman–Crippen LogP) is 3.23. The molecule has 7 heteroatoms. The third kappa shape index (κ3) is 6.56. The van der Waals surface area contributed by atoms with Crippen LogP contribution in [0.3, 0.4) is 0 Å². The van der Waals surface area contributed by atoms with Crippen LogP contribution in [0.1, 0.15) is 27.9 Å². The molecule has 0 spiro atoms. The molecule has 2 atom stereocenters. The van der Waals surface area contributed by atoms with Crippen LogP contribution in [0.25, 0.3) is 0 Å². The minimum Gasteiger partial charge on any atom is -0.353 e. The Labute approximate surface area is 211 Å². The van der Waals surface area contributed by atoms with Gasteiger partial charge in [-0.05, 0) is 48.2 Å². The van der Waals surface area contributed by atoms with Crippen LogP contribution >= 0.6 is 0 Å². The second-order valence-corrected chi connectivity index (χ2v) is 9.14. The highest BCUT2D eigenvalue weighted by atomic mass is 19.1. The van der Waals surface area contributed by atoms with E-state index in [2.05, 4.69) is 34.5 Å². The van der Waals surface area contributed by atoms with E-state index >= 15 is 0 Å². The number of hydrogen-bond acceptors (Lipinski definition) is 4. The van der Waals surface area contributed by atoms with Gasteiger partial charge in [-0.15, -0.1) is 0 Å². The van der Waals surface area contributed by atoms with Gasteiger partial charge in [-0.2, -0.15) is 0 Å². The smallest absolute Gasteiger partial charge is 0.254 e. The normalized spacial score (nSPS) is 17.4. The van der Waals surface area contributed by atoms with Gasteiger partial charge in [0.1, 0.15) is 11.9 Å². The van der Waals surface area contributed by atoms with Gasteiger partial charge in [-0.1, -0.05) is 60.7 Å². The summed E-state index contributed by atoms with van der Waals surface area (Å²) in [7, 11) is 0. The van der Waals surface area contributed by atoms with Crippen molar-refractivity contribution in [3.63, 3.8) is 0 Å². The number of carbonyl (C=O) groups excluding carboxylic acids is 2. The Morgan fingerprint density at radius 1 is 0.944 bits per heavy atom. The summed E-state index contributed by atoms with van der Waals surface area (Å²) in [6.07, 6.45) is 1.38. The molecule has 1 aliphatic rings. The molecule has 188 valence electrons. The molecule has 2 unspecified atom stereocenters. The lowest BCUT2D eigenvalue weighted by Gasteiger charge is -2.29. The molecule has 0 radical (unpaired) electrons. The molecule has 3 aromatic carbocycles. The second-order valence-electron chi connectivity index (χ2n) is 9.14. The minimum atomic E-state index is -0.617. The summed E-state index contributed by atoms with van der Waals surface area (Å²) < 4.78 is 13.5. The zero-order valence-corrected chi connectivity index (χ0v) is 20.4. The van der Waals surface area contributed by atoms with Crippen LogP contribution in [0.5, 0.6) is 0 Å². The molecule has 1 fully saturated rings. The number of amides is 2. The van der Waals surface area contributed by atoms with E-state index in [4.69, 9.17) is 5.73 Å². The number of halogens is 1. The van der Waals surface area contributed by atoms with Gasteiger partial charge in [-0.3, -0.25) is 14.5 Å². The van der Waals surface area contributed by atoms with Crippen LogP contribution in [-0.4, -0.2) is 59.9 Å². The van der Waals surface area contributed by atoms with Gasteiger partial charge < -0.3 is 16.0 Å². The summed E-state index contributed by atoms with van der Waals surface area (Å²) in [5, 5.41) is 2.85. The lowest BCUT2D eigenvalue weighted by Crippen LogP contribution is -2.47. The van der Waals surface area contributed by atoms with Gasteiger partial charge in [0.25, 0.3) is 5.91 Å². The Balaban J connectivity index is 1.57. The molecule has 0 aliphatic carbocycles. The molecule has 1 saturated heterocycles. The van der Waals surface area contributed by atoms with Crippen molar-refractivity contribution < 1.29 is 14.0 Å². The monoisotopic (exact) mass is 488 g/mol. The second kappa shape index (κ2) is 12.4. The van der Waals surface area contributed by atoms with Crippen molar-refractivity contribution in [2.45, 2.75) is 31.5 Å². The maximum atomic E-state index is 13.5. The number of hydrogen-bond donors (Lipinski definition) is 2. The van der Waals surface area contributed by atoms with Crippen molar-refractivity contribution >= 4 is 11.8 Å². The third-order valence-electron chi connectivity index (χ3n) is 6.65. The fourth-order valence-corrected chi connectivity index (χ4v) is 4.75. The maximum Gasteiger partial charge on any atom is 0.254 e. The Morgan fingerprint density at radius 2 is 1.58 bits per heavy atom. The fourth-order valence-electron chi connectivity index (χ4n) is 4.75. The van der Waals surface area contributed by atoms with Crippen LogP contribution in [0.2, 0.25) is 0 Å². The zero-order chi connectivity index (χ0) is 25.3. The van der Waals surface area contributed by atoms with E-state index in [-0.39, 0.29) is 17.9 Å². The first-order valence-electron chi connectivity index (χ1n) is 12.4. The lowest BCUT2D eigenvalue weighted by molar-refractivity contribution is -0.124. The lowest BCUT2D eigenvalue weighted by atomic mass is 10.1. The number of carbonyl (C=O) groups is 2. The summed E-state index contributed by atoms with van der Waals surface area (Å²) in [5.74, 6) is -0.882. The molecule has 4 rings (SSSR count). The first-order valence-corrected chi connectivity index (χ1v) is 12.4. The molecule has 0 bridgehead atoms. The molecule has 3 aromatic rings. The van der Waals surface area contributed by atoms with Crippen LogP contribution in [0, 0.1) is 5.82 Å². The number of nitrogens with zero attached hydrogens (tertiary/aromatic N) is 2. The fraction of sp³-hybridized carbons (Fsp3) is 0.310. The minimum absolute atomic E-state index is 0.00746. The number of nitrogens with one attached hydrogen (secondary N) is 1. The third-order valence-corrected chi connectivity index (χ3v) is 6.65. The van der Waals surface area contributed by atoms with Crippen LogP contribution in [0.4, 0.5) is 4.39 Å². The molecule has 36 heavy (non-hydrogen) atoms. The number of rotatable bonds is 10. The average molecular weight is 489 g/mol. The molecule has 0 saturated carbocycles. The van der Waals surface area contributed by atoms with Gasteiger partial charge in [0.05, 0.1) is 0 Å². The van der Waals surface area contributed by atoms with Crippen LogP contribution < -0.4 is 11.1 Å². The van der Waals surface area contributed by atoms with E-state index in [1.54, 1.807) is 4.90 Å². The Bertz CT molecular complexity index is 1130. The molecule has 2 amide bonds. The highest BCUT2D eigenvalue weighted by molar-refractivity contribution is 5.98.